The monoisotopic (exact) mass is 410 g/mol. The fourth-order valence-corrected chi connectivity index (χ4v) is 4.14. The van der Waals surface area contributed by atoms with Gasteiger partial charge in [-0.05, 0) is 52.0 Å². The molecule has 0 fully saturated rings. The average molecular weight is 410 g/mol. The van der Waals surface area contributed by atoms with Crippen LogP contribution in [-0.4, -0.2) is 43.4 Å². The van der Waals surface area contributed by atoms with Crippen LogP contribution in [0.1, 0.15) is 60.8 Å². The molecule has 0 saturated carbocycles. The summed E-state index contributed by atoms with van der Waals surface area (Å²) < 4.78 is 15.0. The number of nitrogens with zero attached hydrogens (tertiary/aromatic N) is 1. The Kier molecular flexibility index (Phi) is 8.43. The minimum Gasteiger partial charge on any atom is -0.462 e. The summed E-state index contributed by atoms with van der Waals surface area (Å²) >= 11 is 1.40. The molecule has 8 nitrogen and oxygen atoms in total. The fourth-order valence-electron chi connectivity index (χ4n) is 2.92. The van der Waals surface area contributed by atoms with Crippen LogP contribution in [0.4, 0.5) is 5.00 Å². The summed E-state index contributed by atoms with van der Waals surface area (Å²) in [7, 11) is 0. The zero-order valence-corrected chi connectivity index (χ0v) is 17.3. The van der Waals surface area contributed by atoms with E-state index in [2.05, 4.69) is 10.5 Å². The fraction of sp³-hybridized carbons (Fsp3) is 0.579. The lowest BCUT2D eigenvalue weighted by atomic mass is 10.1. The van der Waals surface area contributed by atoms with Gasteiger partial charge in [-0.2, -0.15) is 5.10 Å². The van der Waals surface area contributed by atoms with Crippen molar-refractivity contribution in [2.24, 2.45) is 5.10 Å². The Morgan fingerprint density at radius 2 is 1.54 bits per heavy atom. The zero-order chi connectivity index (χ0) is 20.5. The molecule has 2 rings (SSSR count). The van der Waals surface area contributed by atoms with Crippen LogP contribution in [0, 0.1) is 0 Å². The molecule has 154 valence electrons. The second-order valence-electron chi connectivity index (χ2n) is 6.00. The predicted octanol–water partition coefficient (Wildman–Crippen LogP) is 3.09. The van der Waals surface area contributed by atoms with Gasteiger partial charge in [0.2, 0.25) is 0 Å². The van der Waals surface area contributed by atoms with Gasteiger partial charge in [-0.1, -0.05) is 6.42 Å². The summed E-state index contributed by atoms with van der Waals surface area (Å²) in [4.78, 5) is 37.8. The summed E-state index contributed by atoms with van der Waals surface area (Å²) in [6.07, 6.45) is 4.82. The average Bonchev–Trinajstić information content (AvgIpc) is 2.84. The van der Waals surface area contributed by atoms with Gasteiger partial charge < -0.3 is 14.2 Å². The molecule has 1 aromatic rings. The van der Waals surface area contributed by atoms with Crippen molar-refractivity contribution in [2.45, 2.75) is 52.9 Å². The SMILES string of the molecule is CCOC(=O)C(=NNc1sc2c(c1C(=O)OCC)CCCCC2)C(=O)OCC. The number of anilines is 1. The topological polar surface area (TPSA) is 103 Å². The van der Waals surface area contributed by atoms with Crippen LogP contribution in [0.25, 0.3) is 0 Å². The van der Waals surface area contributed by atoms with E-state index in [0.29, 0.717) is 10.6 Å². The van der Waals surface area contributed by atoms with E-state index in [9.17, 15) is 14.4 Å². The Hall–Kier alpha value is -2.42. The lowest BCUT2D eigenvalue weighted by Crippen LogP contribution is -2.29. The van der Waals surface area contributed by atoms with Gasteiger partial charge in [0.25, 0.3) is 5.71 Å². The Labute approximate surface area is 168 Å². The minimum atomic E-state index is -0.885. The van der Waals surface area contributed by atoms with Crippen LogP contribution >= 0.6 is 11.3 Å². The van der Waals surface area contributed by atoms with Gasteiger partial charge in [-0.25, -0.2) is 14.4 Å². The first-order valence-corrected chi connectivity index (χ1v) is 10.3. The van der Waals surface area contributed by atoms with Gasteiger partial charge in [0.1, 0.15) is 5.00 Å². The Bertz CT molecular complexity index is 736. The molecule has 0 amide bonds. The van der Waals surface area contributed by atoms with E-state index in [1.54, 1.807) is 20.8 Å². The van der Waals surface area contributed by atoms with Crippen LogP contribution in [-0.2, 0) is 36.6 Å². The van der Waals surface area contributed by atoms with E-state index >= 15 is 0 Å². The highest BCUT2D eigenvalue weighted by molar-refractivity contribution is 7.16. The third-order valence-corrected chi connectivity index (χ3v) is 5.30. The van der Waals surface area contributed by atoms with Crippen molar-refractivity contribution in [3.05, 3.63) is 16.0 Å². The number of hydrazone groups is 1. The van der Waals surface area contributed by atoms with Gasteiger partial charge in [0.15, 0.2) is 0 Å². The van der Waals surface area contributed by atoms with E-state index in [0.717, 1.165) is 42.5 Å². The molecule has 0 unspecified atom stereocenters. The van der Waals surface area contributed by atoms with Crippen molar-refractivity contribution in [3.63, 3.8) is 0 Å². The number of fused-ring (bicyclic) bond motifs is 1. The van der Waals surface area contributed by atoms with Crippen molar-refractivity contribution in [1.82, 2.24) is 0 Å². The Morgan fingerprint density at radius 3 is 2.14 bits per heavy atom. The number of rotatable bonds is 8. The maximum atomic E-state index is 12.5. The molecule has 0 aliphatic heterocycles. The largest absolute Gasteiger partial charge is 0.462 e. The number of carbonyl (C=O) groups excluding carboxylic acids is 3. The molecule has 1 aliphatic carbocycles. The van der Waals surface area contributed by atoms with E-state index in [-0.39, 0.29) is 19.8 Å². The molecule has 0 aromatic carbocycles. The molecule has 0 atom stereocenters. The maximum absolute atomic E-state index is 12.5. The summed E-state index contributed by atoms with van der Waals surface area (Å²) in [5.74, 6) is -2.21. The molecule has 1 aromatic heterocycles. The van der Waals surface area contributed by atoms with Gasteiger partial charge in [-0.15, -0.1) is 11.3 Å². The van der Waals surface area contributed by atoms with Crippen LogP contribution in [0.15, 0.2) is 5.10 Å². The van der Waals surface area contributed by atoms with E-state index in [1.165, 1.54) is 11.3 Å². The van der Waals surface area contributed by atoms with Crippen molar-refractivity contribution in [1.29, 1.82) is 0 Å². The second-order valence-corrected chi connectivity index (χ2v) is 7.11. The molecule has 1 heterocycles. The molecular formula is C19H26N2O6S. The number of thiophene rings is 1. The number of esters is 3. The molecule has 1 N–H and O–H groups in total. The first-order chi connectivity index (χ1) is 13.5. The highest BCUT2D eigenvalue weighted by Crippen LogP contribution is 2.38. The number of carbonyl (C=O) groups is 3. The van der Waals surface area contributed by atoms with E-state index in [4.69, 9.17) is 14.2 Å². The van der Waals surface area contributed by atoms with E-state index < -0.39 is 23.6 Å². The van der Waals surface area contributed by atoms with Crippen molar-refractivity contribution >= 4 is 40.0 Å². The van der Waals surface area contributed by atoms with Crippen LogP contribution in [0.3, 0.4) is 0 Å². The minimum absolute atomic E-state index is 0.0959. The maximum Gasteiger partial charge on any atom is 0.366 e. The first-order valence-electron chi connectivity index (χ1n) is 9.52. The Balaban J connectivity index is 2.39. The summed E-state index contributed by atoms with van der Waals surface area (Å²) in [6.45, 7) is 5.45. The third-order valence-electron chi connectivity index (χ3n) is 4.11. The number of ether oxygens (including phenoxy) is 3. The van der Waals surface area contributed by atoms with Crippen molar-refractivity contribution < 1.29 is 28.6 Å². The quantitative estimate of drug-likeness (QED) is 0.175. The lowest BCUT2D eigenvalue weighted by molar-refractivity contribution is -0.140. The van der Waals surface area contributed by atoms with Crippen molar-refractivity contribution in [2.75, 3.05) is 25.2 Å². The second kappa shape index (κ2) is 10.8. The van der Waals surface area contributed by atoms with Gasteiger partial charge in [-0.3, -0.25) is 5.43 Å². The molecule has 0 bridgehead atoms. The van der Waals surface area contributed by atoms with Gasteiger partial charge >= 0.3 is 17.9 Å². The predicted molar refractivity (Wildman–Crippen MR) is 106 cm³/mol. The van der Waals surface area contributed by atoms with E-state index in [1.807, 2.05) is 0 Å². The summed E-state index contributed by atoms with van der Waals surface area (Å²) in [5.41, 5.74) is 3.61. The number of hydrogen-bond donors (Lipinski definition) is 1. The summed E-state index contributed by atoms with van der Waals surface area (Å²) in [6, 6.07) is 0. The van der Waals surface area contributed by atoms with Crippen LogP contribution in [0.5, 0.6) is 0 Å². The summed E-state index contributed by atoms with van der Waals surface area (Å²) in [5, 5.41) is 4.38. The molecule has 0 spiro atoms. The zero-order valence-electron chi connectivity index (χ0n) is 16.5. The van der Waals surface area contributed by atoms with Gasteiger partial charge in [0.05, 0.1) is 25.4 Å². The Morgan fingerprint density at radius 1 is 0.929 bits per heavy atom. The number of aryl methyl sites for hydroxylation is 1. The normalized spacial score (nSPS) is 13.0. The third kappa shape index (κ3) is 5.31. The van der Waals surface area contributed by atoms with Crippen molar-refractivity contribution in [3.8, 4) is 0 Å². The molecule has 28 heavy (non-hydrogen) atoms. The van der Waals surface area contributed by atoms with Crippen LogP contribution in [0.2, 0.25) is 0 Å². The van der Waals surface area contributed by atoms with Gasteiger partial charge in [0, 0.05) is 4.88 Å². The first kappa shape index (κ1) is 21.9. The standard InChI is InChI=1S/C19H26N2O6S/c1-4-25-17(22)14-12-10-8-7-9-11-13(12)28-16(14)21-20-15(18(23)26-5-2)19(24)27-6-3/h21H,4-11H2,1-3H3. The van der Waals surface area contributed by atoms with Crippen LogP contribution < -0.4 is 5.43 Å². The highest BCUT2D eigenvalue weighted by atomic mass is 32.1. The molecule has 0 saturated heterocycles. The smallest absolute Gasteiger partial charge is 0.366 e. The highest BCUT2D eigenvalue weighted by Gasteiger charge is 2.27. The molecular weight excluding hydrogens is 384 g/mol. The number of hydrogen-bond acceptors (Lipinski definition) is 9. The molecule has 1 aliphatic rings. The number of nitrogens with one attached hydrogen (secondary N) is 1. The molecule has 0 radical (unpaired) electrons. The molecule has 9 heteroatoms. The lowest BCUT2D eigenvalue weighted by Gasteiger charge is -2.08.